The van der Waals surface area contributed by atoms with Gasteiger partial charge in [-0.05, 0) is 0 Å². The molecule has 1 aliphatic rings. The number of ether oxygens (including phenoxy) is 1. The number of morpholine rings is 1. The monoisotopic (exact) mass is 241 g/mol. The van der Waals surface area contributed by atoms with Crippen molar-refractivity contribution in [2.24, 2.45) is 10.9 Å². The van der Waals surface area contributed by atoms with Crippen LogP contribution in [0.2, 0.25) is 0 Å². The van der Waals surface area contributed by atoms with Crippen LogP contribution in [-0.4, -0.2) is 46.8 Å². The Bertz CT molecular complexity index is 410. The largest absolute Gasteiger partial charge is 0.409 e. The summed E-state index contributed by atoms with van der Waals surface area (Å²) in [5.41, 5.74) is 5.46. The Morgan fingerprint density at radius 1 is 1.59 bits per heavy atom. The molecule has 1 unspecified atom stereocenters. The summed E-state index contributed by atoms with van der Waals surface area (Å²) in [4.78, 5) is 9.51. The quantitative estimate of drug-likeness (QED) is 0.315. The summed E-state index contributed by atoms with van der Waals surface area (Å²) < 4.78 is 18.0. The van der Waals surface area contributed by atoms with E-state index in [1.807, 2.05) is 0 Å². The van der Waals surface area contributed by atoms with E-state index in [1.54, 1.807) is 4.90 Å². The van der Waals surface area contributed by atoms with Gasteiger partial charge in [0.25, 0.3) is 0 Å². The number of nitrogens with zero attached hydrogens (tertiary/aromatic N) is 4. The molecular formula is C9H12FN5O2. The van der Waals surface area contributed by atoms with Crippen LogP contribution < -0.4 is 10.6 Å². The van der Waals surface area contributed by atoms with Crippen molar-refractivity contribution < 1.29 is 14.3 Å². The molecule has 0 aromatic carbocycles. The van der Waals surface area contributed by atoms with Crippen LogP contribution >= 0.6 is 0 Å². The third-order valence-electron chi connectivity index (χ3n) is 2.40. The number of oxime groups is 1. The van der Waals surface area contributed by atoms with Gasteiger partial charge in [0, 0.05) is 6.54 Å². The number of nitrogens with two attached hydrogens (primary N) is 1. The van der Waals surface area contributed by atoms with E-state index in [-0.39, 0.29) is 5.84 Å². The molecule has 1 aromatic rings. The van der Waals surface area contributed by atoms with Crippen LogP contribution in [-0.2, 0) is 4.74 Å². The molecule has 2 heterocycles. The van der Waals surface area contributed by atoms with E-state index in [2.05, 4.69) is 15.1 Å². The molecule has 17 heavy (non-hydrogen) atoms. The molecule has 0 aliphatic carbocycles. The first-order valence-corrected chi connectivity index (χ1v) is 5.02. The highest BCUT2D eigenvalue weighted by atomic mass is 19.1. The highest BCUT2D eigenvalue weighted by Gasteiger charge is 2.25. The van der Waals surface area contributed by atoms with Gasteiger partial charge in [-0.2, -0.15) is 0 Å². The Morgan fingerprint density at radius 3 is 2.94 bits per heavy atom. The van der Waals surface area contributed by atoms with Gasteiger partial charge in [-0.25, -0.2) is 14.4 Å². The maximum absolute atomic E-state index is 12.7. The van der Waals surface area contributed by atoms with Crippen LogP contribution in [0.3, 0.4) is 0 Å². The van der Waals surface area contributed by atoms with Gasteiger partial charge in [0.2, 0.25) is 5.95 Å². The zero-order chi connectivity index (χ0) is 12.3. The van der Waals surface area contributed by atoms with Crippen molar-refractivity contribution in [2.45, 2.75) is 6.10 Å². The SMILES string of the molecule is NC(=NO)C1CN(c2ncc(F)cn2)CCO1. The van der Waals surface area contributed by atoms with Crippen molar-refractivity contribution >= 4 is 11.8 Å². The van der Waals surface area contributed by atoms with E-state index in [4.69, 9.17) is 15.7 Å². The molecule has 0 radical (unpaired) electrons. The van der Waals surface area contributed by atoms with Crippen molar-refractivity contribution in [1.82, 2.24) is 9.97 Å². The lowest BCUT2D eigenvalue weighted by Gasteiger charge is -2.31. The number of halogens is 1. The highest BCUT2D eigenvalue weighted by molar-refractivity contribution is 5.85. The minimum Gasteiger partial charge on any atom is -0.409 e. The first kappa shape index (κ1) is 11.5. The molecule has 1 aromatic heterocycles. The van der Waals surface area contributed by atoms with Crippen molar-refractivity contribution in [3.63, 3.8) is 0 Å². The van der Waals surface area contributed by atoms with Crippen molar-refractivity contribution in [2.75, 3.05) is 24.6 Å². The molecule has 8 heteroatoms. The van der Waals surface area contributed by atoms with Gasteiger partial charge in [0.05, 0.1) is 25.5 Å². The third-order valence-corrected chi connectivity index (χ3v) is 2.40. The lowest BCUT2D eigenvalue weighted by molar-refractivity contribution is 0.0800. The molecule has 0 saturated carbocycles. The lowest BCUT2D eigenvalue weighted by Crippen LogP contribution is -2.49. The molecule has 0 spiro atoms. The Labute approximate surface area is 96.7 Å². The maximum atomic E-state index is 12.7. The summed E-state index contributed by atoms with van der Waals surface area (Å²) in [5, 5.41) is 11.5. The Hall–Kier alpha value is -1.96. The summed E-state index contributed by atoms with van der Waals surface area (Å²) in [6.45, 7) is 1.34. The second kappa shape index (κ2) is 4.91. The van der Waals surface area contributed by atoms with Crippen LogP contribution in [0, 0.1) is 5.82 Å². The molecule has 1 saturated heterocycles. The van der Waals surface area contributed by atoms with Crippen molar-refractivity contribution in [1.29, 1.82) is 0 Å². The maximum Gasteiger partial charge on any atom is 0.225 e. The van der Waals surface area contributed by atoms with Gasteiger partial charge in [0.1, 0.15) is 6.10 Å². The van der Waals surface area contributed by atoms with Gasteiger partial charge in [0.15, 0.2) is 11.7 Å². The molecule has 1 atom stereocenters. The lowest BCUT2D eigenvalue weighted by atomic mass is 10.2. The molecule has 1 aliphatic heterocycles. The smallest absolute Gasteiger partial charge is 0.225 e. The average molecular weight is 241 g/mol. The number of hydrogen-bond acceptors (Lipinski definition) is 6. The number of hydrogen-bond donors (Lipinski definition) is 2. The summed E-state index contributed by atoms with van der Waals surface area (Å²) in [7, 11) is 0. The zero-order valence-electron chi connectivity index (χ0n) is 8.95. The van der Waals surface area contributed by atoms with Gasteiger partial charge < -0.3 is 20.6 Å². The average Bonchev–Trinajstić information content (AvgIpc) is 2.39. The van der Waals surface area contributed by atoms with E-state index in [9.17, 15) is 4.39 Å². The second-order valence-electron chi connectivity index (χ2n) is 3.53. The molecule has 3 N–H and O–H groups in total. The first-order valence-electron chi connectivity index (χ1n) is 5.02. The van der Waals surface area contributed by atoms with Crippen LogP contribution in [0.1, 0.15) is 0 Å². The summed E-state index contributed by atoms with van der Waals surface area (Å²) in [6, 6.07) is 0. The summed E-state index contributed by atoms with van der Waals surface area (Å²) in [6.07, 6.45) is 1.68. The number of anilines is 1. The Kier molecular flexibility index (Phi) is 3.33. The van der Waals surface area contributed by atoms with E-state index in [0.717, 1.165) is 12.4 Å². The van der Waals surface area contributed by atoms with Crippen molar-refractivity contribution in [3.05, 3.63) is 18.2 Å². The second-order valence-corrected chi connectivity index (χ2v) is 3.53. The number of rotatable bonds is 2. The number of amidine groups is 1. The Balaban J connectivity index is 2.09. The van der Waals surface area contributed by atoms with Gasteiger partial charge >= 0.3 is 0 Å². The van der Waals surface area contributed by atoms with Crippen LogP contribution in [0.15, 0.2) is 17.5 Å². The third kappa shape index (κ3) is 2.59. The first-order chi connectivity index (χ1) is 8.20. The van der Waals surface area contributed by atoms with Gasteiger partial charge in [-0.3, -0.25) is 0 Å². The topological polar surface area (TPSA) is 96.9 Å². The van der Waals surface area contributed by atoms with E-state index in [0.29, 0.717) is 25.6 Å². The van der Waals surface area contributed by atoms with E-state index < -0.39 is 11.9 Å². The molecule has 2 rings (SSSR count). The predicted octanol–water partition coefficient (Wildman–Crippen LogP) is -0.433. The normalized spacial score (nSPS) is 21.6. The molecule has 1 fully saturated rings. The van der Waals surface area contributed by atoms with E-state index >= 15 is 0 Å². The van der Waals surface area contributed by atoms with Crippen LogP contribution in [0.5, 0.6) is 0 Å². The van der Waals surface area contributed by atoms with Gasteiger partial charge in [-0.15, -0.1) is 0 Å². The molecule has 0 bridgehead atoms. The highest BCUT2D eigenvalue weighted by Crippen LogP contribution is 2.12. The van der Waals surface area contributed by atoms with Crippen LogP contribution in [0.25, 0.3) is 0 Å². The summed E-state index contributed by atoms with van der Waals surface area (Å²) >= 11 is 0. The fraction of sp³-hybridized carbons (Fsp3) is 0.444. The fourth-order valence-electron chi connectivity index (χ4n) is 1.54. The molecule has 92 valence electrons. The minimum atomic E-state index is -0.512. The fourth-order valence-corrected chi connectivity index (χ4v) is 1.54. The van der Waals surface area contributed by atoms with E-state index in [1.165, 1.54) is 0 Å². The minimum absolute atomic E-state index is 0.00295. The standard InChI is InChI=1S/C9H12FN5O2/c10-6-3-12-9(13-4-6)15-1-2-17-7(5-15)8(11)14-16/h3-4,7,16H,1-2,5H2,(H2,11,14). The molecule has 7 nitrogen and oxygen atoms in total. The zero-order valence-corrected chi connectivity index (χ0v) is 8.95. The van der Waals surface area contributed by atoms with Crippen LogP contribution in [0.4, 0.5) is 10.3 Å². The summed E-state index contributed by atoms with van der Waals surface area (Å²) in [5.74, 6) is -0.0998. The van der Waals surface area contributed by atoms with Crippen molar-refractivity contribution in [3.8, 4) is 0 Å². The molecular weight excluding hydrogens is 229 g/mol. The molecule has 0 amide bonds. The van der Waals surface area contributed by atoms with Gasteiger partial charge in [-0.1, -0.05) is 5.16 Å². The predicted molar refractivity (Wildman–Crippen MR) is 57.4 cm³/mol. The number of aromatic nitrogens is 2. The Morgan fingerprint density at radius 2 is 2.29 bits per heavy atom.